The summed E-state index contributed by atoms with van der Waals surface area (Å²) in [4.78, 5) is 31.2. The van der Waals surface area contributed by atoms with Gasteiger partial charge in [-0.05, 0) is 49.6 Å². The molecule has 39 heavy (non-hydrogen) atoms. The molecule has 1 fully saturated rings. The van der Waals surface area contributed by atoms with Crippen molar-refractivity contribution in [2.75, 3.05) is 25.5 Å². The summed E-state index contributed by atoms with van der Waals surface area (Å²) in [6.45, 7) is 2.56. The summed E-state index contributed by atoms with van der Waals surface area (Å²) in [7, 11) is 1.83. The Hall–Kier alpha value is -3.90. The highest BCUT2D eigenvalue weighted by Crippen LogP contribution is 2.29. The van der Waals surface area contributed by atoms with Gasteiger partial charge in [0.1, 0.15) is 17.9 Å². The van der Waals surface area contributed by atoms with Crippen LogP contribution in [0.1, 0.15) is 50.2 Å². The van der Waals surface area contributed by atoms with Crippen molar-refractivity contribution in [3.05, 3.63) is 65.0 Å². The van der Waals surface area contributed by atoms with Gasteiger partial charge < -0.3 is 20.1 Å². The van der Waals surface area contributed by atoms with E-state index in [1.165, 1.54) is 17.8 Å². The van der Waals surface area contributed by atoms with E-state index in [-0.39, 0.29) is 18.2 Å². The lowest BCUT2D eigenvalue weighted by molar-refractivity contribution is -0.141. The Kier molecular flexibility index (Phi) is 9.20. The van der Waals surface area contributed by atoms with E-state index in [1.54, 1.807) is 24.0 Å². The van der Waals surface area contributed by atoms with E-state index in [2.05, 4.69) is 16.4 Å². The van der Waals surface area contributed by atoms with E-state index in [9.17, 15) is 14.7 Å². The maximum absolute atomic E-state index is 12.6. The first-order valence-corrected chi connectivity index (χ1v) is 14.1. The van der Waals surface area contributed by atoms with Crippen molar-refractivity contribution in [3.63, 3.8) is 0 Å². The zero-order valence-corrected chi connectivity index (χ0v) is 23.2. The fraction of sp³-hybridized carbons (Fsp3) is 0.400. The molecular weight excluding hydrogens is 512 g/mol. The van der Waals surface area contributed by atoms with Crippen LogP contribution in [0.4, 0.5) is 5.13 Å². The summed E-state index contributed by atoms with van der Waals surface area (Å²) >= 11 is 1.34. The number of amides is 1. The van der Waals surface area contributed by atoms with Crippen molar-refractivity contribution in [3.8, 4) is 23.1 Å². The zero-order valence-electron chi connectivity index (χ0n) is 22.4. The molecular formula is C30H34N4O4S. The van der Waals surface area contributed by atoms with Crippen LogP contribution in [0.2, 0.25) is 0 Å². The Balaban J connectivity index is 1.31. The van der Waals surface area contributed by atoms with Crippen molar-refractivity contribution in [1.29, 1.82) is 5.26 Å². The summed E-state index contributed by atoms with van der Waals surface area (Å²) in [6.07, 6.45) is 5.69. The number of nitrogens with one attached hydrogen (secondary N) is 1. The Morgan fingerprint density at radius 1 is 1.15 bits per heavy atom. The van der Waals surface area contributed by atoms with Gasteiger partial charge in [0.25, 0.3) is 0 Å². The molecule has 3 aromatic rings. The molecule has 0 aliphatic heterocycles. The SMILES string of the molecule is CN(CCOc1ccc(C[C@](C)(Nc2nc(-c3ccc(C#N)cc3)cs2)C(=O)O)cc1)C(=O)C1CCCCC1. The van der Waals surface area contributed by atoms with Gasteiger partial charge in [-0.25, -0.2) is 9.78 Å². The zero-order chi connectivity index (χ0) is 27.8. The maximum Gasteiger partial charge on any atom is 0.329 e. The highest BCUT2D eigenvalue weighted by Gasteiger charge is 2.34. The molecule has 1 aliphatic carbocycles. The summed E-state index contributed by atoms with van der Waals surface area (Å²) < 4.78 is 5.85. The van der Waals surface area contributed by atoms with E-state index in [1.807, 2.05) is 48.8 Å². The average molecular weight is 547 g/mol. The first-order valence-electron chi connectivity index (χ1n) is 13.2. The van der Waals surface area contributed by atoms with Crippen molar-refractivity contribution in [2.45, 2.75) is 51.0 Å². The number of carbonyl (C=O) groups excluding carboxylic acids is 1. The topological polar surface area (TPSA) is 116 Å². The molecule has 8 nitrogen and oxygen atoms in total. The highest BCUT2D eigenvalue weighted by atomic mass is 32.1. The number of anilines is 1. The molecule has 1 amide bonds. The van der Waals surface area contributed by atoms with E-state index >= 15 is 0 Å². The number of aromatic nitrogens is 1. The van der Waals surface area contributed by atoms with E-state index in [0.717, 1.165) is 36.8 Å². The van der Waals surface area contributed by atoms with Gasteiger partial charge in [-0.15, -0.1) is 11.3 Å². The Morgan fingerprint density at radius 3 is 2.49 bits per heavy atom. The number of likely N-dealkylation sites (N-methyl/N-ethyl adjacent to an activating group) is 1. The number of nitriles is 1. The minimum atomic E-state index is -1.27. The van der Waals surface area contributed by atoms with E-state index in [0.29, 0.717) is 35.3 Å². The predicted octanol–water partition coefficient (Wildman–Crippen LogP) is 5.60. The number of aliphatic carboxylic acids is 1. The van der Waals surface area contributed by atoms with Gasteiger partial charge in [0.15, 0.2) is 5.13 Å². The van der Waals surface area contributed by atoms with Crippen LogP contribution in [0.5, 0.6) is 5.75 Å². The number of rotatable bonds is 11. The second kappa shape index (κ2) is 12.8. The van der Waals surface area contributed by atoms with Crippen molar-refractivity contribution in [2.24, 2.45) is 5.92 Å². The van der Waals surface area contributed by atoms with Crippen LogP contribution in [-0.4, -0.2) is 52.6 Å². The highest BCUT2D eigenvalue weighted by molar-refractivity contribution is 7.14. The molecule has 4 rings (SSSR count). The third-order valence-corrected chi connectivity index (χ3v) is 7.93. The van der Waals surface area contributed by atoms with E-state index < -0.39 is 11.5 Å². The molecule has 1 heterocycles. The lowest BCUT2D eigenvalue weighted by atomic mass is 9.88. The number of carboxylic acid groups (broad SMARTS) is 1. The molecule has 1 aliphatic rings. The Labute approximate surface area is 233 Å². The second-order valence-electron chi connectivity index (χ2n) is 10.3. The number of hydrogen-bond donors (Lipinski definition) is 2. The minimum absolute atomic E-state index is 0.145. The molecule has 2 aromatic carbocycles. The molecule has 2 N–H and O–H groups in total. The molecule has 0 bridgehead atoms. The van der Waals surface area contributed by atoms with Crippen LogP contribution in [0, 0.1) is 17.2 Å². The molecule has 1 atom stereocenters. The number of benzene rings is 2. The number of hydrogen-bond acceptors (Lipinski definition) is 7. The fourth-order valence-corrected chi connectivity index (χ4v) is 5.62. The van der Waals surface area contributed by atoms with Crippen LogP contribution in [0.3, 0.4) is 0 Å². The molecule has 9 heteroatoms. The molecule has 1 saturated carbocycles. The molecule has 1 aromatic heterocycles. The van der Waals surface area contributed by atoms with Gasteiger partial charge in [-0.1, -0.05) is 43.5 Å². The van der Waals surface area contributed by atoms with Gasteiger partial charge in [0, 0.05) is 30.3 Å². The summed E-state index contributed by atoms with van der Waals surface area (Å²) in [5.74, 6) is 0.0448. The summed E-state index contributed by atoms with van der Waals surface area (Å²) in [5.41, 5.74) is 1.71. The number of carboxylic acids is 1. The minimum Gasteiger partial charge on any atom is -0.492 e. The normalized spacial score (nSPS) is 15.1. The predicted molar refractivity (Wildman–Crippen MR) is 152 cm³/mol. The number of ether oxygens (including phenoxy) is 1. The first kappa shape index (κ1) is 28.1. The van der Waals surface area contributed by atoms with Crippen molar-refractivity contribution >= 4 is 28.3 Å². The molecule has 0 spiro atoms. The molecule has 0 radical (unpaired) electrons. The second-order valence-corrected chi connectivity index (χ2v) is 11.1. The summed E-state index contributed by atoms with van der Waals surface area (Å²) in [5, 5.41) is 24.5. The van der Waals surface area contributed by atoms with E-state index in [4.69, 9.17) is 10.00 Å². The average Bonchev–Trinajstić information content (AvgIpc) is 3.42. The summed E-state index contributed by atoms with van der Waals surface area (Å²) in [6, 6.07) is 16.6. The molecule has 0 saturated heterocycles. The maximum atomic E-state index is 12.6. The van der Waals surface area contributed by atoms with Crippen molar-refractivity contribution in [1.82, 2.24) is 9.88 Å². The van der Waals surface area contributed by atoms with Gasteiger partial charge in [-0.2, -0.15) is 5.26 Å². The van der Waals surface area contributed by atoms with Crippen LogP contribution < -0.4 is 10.1 Å². The van der Waals surface area contributed by atoms with Crippen molar-refractivity contribution < 1.29 is 19.4 Å². The molecule has 0 unspecified atom stereocenters. The first-order chi connectivity index (χ1) is 18.8. The van der Waals surface area contributed by atoms with Gasteiger partial charge in [0.05, 0.1) is 23.9 Å². The lowest BCUT2D eigenvalue weighted by Crippen LogP contribution is -2.45. The van der Waals surface area contributed by atoms with Gasteiger partial charge >= 0.3 is 5.97 Å². The van der Waals surface area contributed by atoms with Crippen LogP contribution in [-0.2, 0) is 16.0 Å². The van der Waals surface area contributed by atoms with Crippen LogP contribution >= 0.6 is 11.3 Å². The molecule has 204 valence electrons. The van der Waals surface area contributed by atoms with Crippen LogP contribution in [0.15, 0.2) is 53.9 Å². The lowest BCUT2D eigenvalue weighted by Gasteiger charge is -2.26. The monoisotopic (exact) mass is 546 g/mol. The van der Waals surface area contributed by atoms with Crippen LogP contribution in [0.25, 0.3) is 11.3 Å². The number of carbonyl (C=O) groups is 2. The smallest absolute Gasteiger partial charge is 0.329 e. The van der Waals surface area contributed by atoms with Gasteiger partial charge in [-0.3, -0.25) is 4.79 Å². The van der Waals surface area contributed by atoms with Gasteiger partial charge in [0.2, 0.25) is 5.91 Å². The third kappa shape index (κ3) is 7.36. The standard InChI is InChI=1S/C30H34N4O4S/c1-30(28(36)37,33-29-32-26(20-39-29)23-12-8-22(19-31)9-13-23)18-21-10-14-25(15-11-21)38-17-16-34(2)27(35)24-6-4-3-5-7-24/h8-15,20,24H,3-7,16-18H2,1-2H3,(H,32,33)(H,36,37)/t30-/m0/s1. The largest absolute Gasteiger partial charge is 0.492 e. The Morgan fingerprint density at radius 2 is 1.85 bits per heavy atom. The quantitative estimate of drug-likeness (QED) is 0.322. The fourth-order valence-electron chi connectivity index (χ4n) is 4.77. The third-order valence-electron chi connectivity index (χ3n) is 7.18. The number of thiazole rings is 1. The number of nitrogens with zero attached hydrogens (tertiary/aromatic N) is 3. The Bertz CT molecular complexity index is 1310.